The van der Waals surface area contributed by atoms with Crippen LogP contribution in [0, 0.1) is 5.92 Å². The van der Waals surface area contributed by atoms with Gasteiger partial charge in [-0.1, -0.05) is 31.9 Å². The minimum atomic E-state index is -3.87. The van der Waals surface area contributed by atoms with E-state index in [1.54, 1.807) is 13.8 Å². The number of halogens is 1. The maximum absolute atomic E-state index is 12.1. The van der Waals surface area contributed by atoms with Crippen LogP contribution >= 0.6 is 11.6 Å². The first-order valence-corrected chi connectivity index (χ1v) is 7.64. The largest absolute Gasteiger partial charge is 0.480 e. The van der Waals surface area contributed by atoms with Crippen molar-refractivity contribution < 1.29 is 18.3 Å². The Morgan fingerprint density at radius 1 is 1.37 bits per heavy atom. The fourth-order valence-electron chi connectivity index (χ4n) is 1.49. The highest BCUT2D eigenvalue weighted by molar-refractivity contribution is 7.89. The van der Waals surface area contributed by atoms with Gasteiger partial charge in [0.05, 0.1) is 4.90 Å². The molecule has 0 saturated heterocycles. The fraction of sp³-hybridized carbons (Fsp3) is 0.417. The Morgan fingerprint density at radius 2 is 1.89 bits per heavy atom. The number of carbonyl (C=O) groups is 1. The molecular formula is C12H16ClNO4S. The Labute approximate surface area is 117 Å². The van der Waals surface area contributed by atoms with Crippen molar-refractivity contribution in [1.29, 1.82) is 0 Å². The molecule has 0 bridgehead atoms. The SMILES string of the molecule is CC[C@@H](C)[C@@H](NS(=O)(=O)c1ccc(Cl)cc1)C(=O)O. The van der Waals surface area contributed by atoms with E-state index in [-0.39, 0.29) is 10.8 Å². The number of nitrogens with one attached hydrogen (secondary N) is 1. The van der Waals surface area contributed by atoms with Crippen LogP contribution in [0.15, 0.2) is 29.2 Å². The summed E-state index contributed by atoms with van der Waals surface area (Å²) in [5.74, 6) is -1.49. The van der Waals surface area contributed by atoms with Gasteiger partial charge in [0, 0.05) is 5.02 Å². The van der Waals surface area contributed by atoms with Crippen molar-refractivity contribution in [2.45, 2.75) is 31.2 Å². The highest BCUT2D eigenvalue weighted by Gasteiger charge is 2.29. The number of carboxylic acids is 1. The zero-order valence-corrected chi connectivity index (χ0v) is 12.2. The molecule has 0 unspecified atom stereocenters. The number of rotatable bonds is 6. The van der Waals surface area contributed by atoms with Crippen LogP contribution in [0.4, 0.5) is 0 Å². The lowest BCUT2D eigenvalue weighted by molar-refractivity contribution is -0.140. The molecule has 0 spiro atoms. The van der Waals surface area contributed by atoms with Gasteiger partial charge in [-0.25, -0.2) is 8.42 Å². The molecule has 19 heavy (non-hydrogen) atoms. The van der Waals surface area contributed by atoms with E-state index in [1.807, 2.05) is 0 Å². The van der Waals surface area contributed by atoms with Crippen molar-refractivity contribution in [2.75, 3.05) is 0 Å². The smallest absolute Gasteiger partial charge is 0.322 e. The highest BCUT2D eigenvalue weighted by Crippen LogP contribution is 2.16. The predicted molar refractivity (Wildman–Crippen MR) is 72.7 cm³/mol. The van der Waals surface area contributed by atoms with Gasteiger partial charge in [-0.3, -0.25) is 4.79 Å². The Morgan fingerprint density at radius 3 is 2.32 bits per heavy atom. The number of benzene rings is 1. The molecule has 0 aliphatic heterocycles. The molecule has 0 aromatic heterocycles. The van der Waals surface area contributed by atoms with Crippen LogP contribution in [0.25, 0.3) is 0 Å². The van der Waals surface area contributed by atoms with Gasteiger partial charge < -0.3 is 5.11 Å². The Balaban J connectivity index is 3.00. The van der Waals surface area contributed by atoms with E-state index in [2.05, 4.69) is 4.72 Å². The summed E-state index contributed by atoms with van der Waals surface area (Å²) in [6.45, 7) is 3.49. The van der Waals surface area contributed by atoms with Crippen LogP contribution in [0.2, 0.25) is 5.02 Å². The highest BCUT2D eigenvalue weighted by atomic mass is 35.5. The molecule has 1 aromatic carbocycles. The first-order chi connectivity index (χ1) is 8.77. The molecule has 0 aliphatic rings. The minimum absolute atomic E-state index is 0.00791. The van der Waals surface area contributed by atoms with Crippen molar-refractivity contribution >= 4 is 27.6 Å². The first-order valence-electron chi connectivity index (χ1n) is 5.78. The minimum Gasteiger partial charge on any atom is -0.480 e. The lowest BCUT2D eigenvalue weighted by Crippen LogP contribution is -2.44. The third-order valence-electron chi connectivity index (χ3n) is 2.89. The van der Waals surface area contributed by atoms with Crippen LogP contribution in [0.1, 0.15) is 20.3 Å². The van der Waals surface area contributed by atoms with Gasteiger partial charge in [-0.2, -0.15) is 4.72 Å². The summed E-state index contributed by atoms with van der Waals surface area (Å²) >= 11 is 5.68. The van der Waals surface area contributed by atoms with Gasteiger partial charge in [0.15, 0.2) is 0 Å². The van der Waals surface area contributed by atoms with Crippen LogP contribution < -0.4 is 4.72 Å². The molecule has 0 fully saturated rings. The average Bonchev–Trinajstić information content (AvgIpc) is 2.35. The molecular weight excluding hydrogens is 290 g/mol. The maximum Gasteiger partial charge on any atom is 0.322 e. The molecule has 0 aliphatic carbocycles. The van der Waals surface area contributed by atoms with E-state index < -0.39 is 22.0 Å². The van der Waals surface area contributed by atoms with E-state index in [0.717, 1.165) is 0 Å². The lowest BCUT2D eigenvalue weighted by Gasteiger charge is -2.20. The number of hydrogen-bond acceptors (Lipinski definition) is 3. The molecule has 5 nitrogen and oxygen atoms in total. The third kappa shape index (κ3) is 4.19. The first kappa shape index (κ1) is 15.9. The number of sulfonamides is 1. The maximum atomic E-state index is 12.1. The predicted octanol–water partition coefficient (Wildman–Crippen LogP) is 2.12. The van der Waals surface area contributed by atoms with Gasteiger partial charge >= 0.3 is 5.97 Å². The molecule has 7 heteroatoms. The second kappa shape index (κ2) is 6.36. The average molecular weight is 306 g/mol. The van der Waals surface area contributed by atoms with E-state index >= 15 is 0 Å². The quantitative estimate of drug-likeness (QED) is 0.843. The van der Waals surface area contributed by atoms with E-state index in [4.69, 9.17) is 16.7 Å². The van der Waals surface area contributed by atoms with Crippen molar-refractivity contribution in [2.24, 2.45) is 5.92 Å². The molecule has 2 N–H and O–H groups in total. The molecule has 1 aromatic rings. The topological polar surface area (TPSA) is 83.5 Å². The molecule has 2 atom stereocenters. The van der Waals surface area contributed by atoms with Gasteiger partial charge in [-0.15, -0.1) is 0 Å². The van der Waals surface area contributed by atoms with Crippen LogP contribution in [0.3, 0.4) is 0 Å². The van der Waals surface area contributed by atoms with Crippen LogP contribution in [-0.2, 0) is 14.8 Å². The molecule has 0 saturated carbocycles. The van der Waals surface area contributed by atoms with Gasteiger partial charge in [-0.05, 0) is 30.2 Å². The van der Waals surface area contributed by atoms with Crippen LogP contribution in [-0.4, -0.2) is 25.5 Å². The van der Waals surface area contributed by atoms with E-state index in [9.17, 15) is 13.2 Å². The van der Waals surface area contributed by atoms with E-state index in [0.29, 0.717) is 11.4 Å². The van der Waals surface area contributed by atoms with Crippen LogP contribution in [0.5, 0.6) is 0 Å². The van der Waals surface area contributed by atoms with Crippen molar-refractivity contribution in [3.05, 3.63) is 29.3 Å². The summed E-state index contributed by atoms with van der Waals surface area (Å²) in [4.78, 5) is 11.1. The fourth-order valence-corrected chi connectivity index (χ4v) is 2.92. The normalized spacial score (nSPS) is 14.9. The van der Waals surface area contributed by atoms with Crippen molar-refractivity contribution in [3.8, 4) is 0 Å². The number of carboxylic acid groups (broad SMARTS) is 1. The second-order valence-electron chi connectivity index (χ2n) is 4.28. The zero-order chi connectivity index (χ0) is 14.6. The number of hydrogen-bond donors (Lipinski definition) is 2. The second-order valence-corrected chi connectivity index (χ2v) is 6.43. The summed E-state index contributed by atoms with van der Waals surface area (Å²) in [6.07, 6.45) is 0.556. The van der Waals surface area contributed by atoms with Gasteiger partial charge in [0.25, 0.3) is 0 Å². The third-order valence-corrected chi connectivity index (χ3v) is 4.59. The molecule has 0 amide bonds. The zero-order valence-electron chi connectivity index (χ0n) is 10.6. The Kier molecular flexibility index (Phi) is 5.34. The lowest BCUT2D eigenvalue weighted by atomic mass is 10.0. The number of aliphatic carboxylic acids is 1. The molecule has 0 heterocycles. The van der Waals surface area contributed by atoms with E-state index in [1.165, 1.54) is 24.3 Å². The summed E-state index contributed by atoms with van der Waals surface area (Å²) < 4.78 is 26.3. The Bertz CT molecular complexity index is 541. The molecule has 0 radical (unpaired) electrons. The summed E-state index contributed by atoms with van der Waals surface area (Å²) in [5.41, 5.74) is 0. The van der Waals surface area contributed by atoms with Gasteiger partial charge in [0.2, 0.25) is 10.0 Å². The Hall–Kier alpha value is -1.11. The van der Waals surface area contributed by atoms with Crippen molar-refractivity contribution in [1.82, 2.24) is 4.72 Å². The van der Waals surface area contributed by atoms with Crippen molar-refractivity contribution in [3.63, 3.8) is 0 Å². The summed E-state index contributed by atoms with van der Waals surface area (Å²) in [5, 5.41) is 9.49. The summed E-state index contributed by atoms with van der Waals surface area (Å²) in [6, 6.07) is 4.40. The monoisotopic (exact) mass is 305 g/mol. The molecule has 1 rings (SSSR count). The summed E-state index contributed by atoms with van der Waals surface area (Å²) in [7, 11) is -3.87. The standard InChI is InChI=1S/C12H16ClNO4S/c1-3-8(2)11(12(15)16)14-19(17,18)10-6-4-9(13)5-7-10/h4-8,11,14H,3H2,1-2H3,(H,15,16)/t8-,11-/m1/s1. The molecule has 106 valence electrons. The van der Waals surface area contributed by atoms with Gasteiger partial charge in [0.1, 0.15) is 6.04 Å².